The summed E-state index contributed by atoms with van der Waals surface area (Å²) in [4.78, 5) is 72.5. The minimum Gasteiger partial charge on any atom is -0.456 e. The van der Waals surface area contributed by atoms with E-state index in [-0.39, 0.29) is 41.3 Å². The van der Waals surface area contributed by atoms with Crippen LogP contribution in [0.2, 0.25) is 0 Å². The van der Waals surface area contributed by atoms with Gasteiger partial charge in [-0.25, -0.2) is 18.5 Å². The van der Waals surface area contributed by atoms with Crippen LogP contribution in [0.3, 0.4) is 0 Å². The van der Waals surface area contributed by atoms with Crippen molar-refractivity contribution in [1.29, 1.82) is 0 Å². The first-order valence-corrected chi connectivity index (χ1v) is 24.4. The molecule has 1 rings (SSSR count). The summed E-state index contributed by atoms with van der Waals surface area (Å²) in [6.45, 7) is 0.344. The van der Waals surface area contributed by atoms with Gasteiger partial charge >= 0.3 is 35.4 Å². The van der Waals surface area contributed by atoms with Crippen molar-refractivity contribution in [2.45, 2.75) is 140 Å². The highest BCUT2D eigenvalue weighted by atomic mass is 32.1. The zero-order valence-electron chi connectivity index (χ0n) is 35.3. The van der Waals surface area contributed by atoms with Crippen molar-refractivity contribution in [1.82, 2.24) is 0 Å². The van der Waals surface area contributed by atoms with E-state index in [1.165, 1.54) is 44.9 Å². The van der Waals surface area contributed by atoms with Gasteiger partial charge in [-0.1, -0.05) is 84.0 Å². The monoisotopic (exact) mass is 1020 g/mol. The highest BCUT2D eigenvalue weighted by Gasteiger charge is 2.56. The van der Waals surface area contributed by atoms with Gasteiger partial charge in [0, 0.05) is 33.7 Å². The number of phosphoric ester groups is 3. The van der Waals surface area contributed by atoms with Crippen molar-refractivity contribution in [2.75, 3.05) is 13.2 Å². The molecule has 0 bridgehead atoms. The van der Waals surface area contributed by atoms with E-state index in [9.17, 15) is 63.1 Å². The zero-order chi connectivity index (χ0) is 47.9. The molecule has 0 heterocycles. The van der Waals surface area contributed by atoms with Crippen LogP contribution in [0.15, 0.2) is 0 Å². The number of carbonyl (C=O) groups is 2. The molecule has 0 aromatic heterocycles. The van der Waals surface area contributed by atoms with Gasteiger partial charge < -0.3 is 49.3 Å². The molecule has 65 heavy (non-hydrogen) atoms. The van der Waals surface area contributed by atoms with E-state index in [2.05, 4.69) is 98.9 Å². The number of aliphatic hydroxyl groups is 3. The molecule has 8 N–H and O–H groups in total. The van der Waals surface area contributed by atoms with Crippen LogP contribution < -0.4 is 0 Å². The number of rotatable bonds is 26. The number of unbranched alkanes of at least 4 members (excludes halogenated alkanes) is 12. The Morgan fingerprint density at radius 3 is 1.42 bits per heavy atom. The number of ether oxygens (including phenoxy) is 2. The number of hydrogen-bond donors (Lipinski definition) is 8. The number of terminal acetylenes is 1. The van der Waals surface area contributed by atoms with Gasteiger partial charge in [0.1, 0.15) is 43.2 Å². The van der Waals surface area contributed by atoms with Gasteiger partial charge in [-0.15, -0.1) is 6.42 Å². The predicted octanol–water partition coefficient (Wildman–Crippen LogP) is 5.94. The standard InChI is InChI=1S/C42H51O19P3.H2S.15H2/c1-3-5-7-9-11-13-15-17-19-20-22-24-26-28-30-35(43)56-32-34(58-36(44)31-29-27-25-23-21-18-16-14-12-10-8-6-4-2)33-57-64(54,55)61-40-37(45)38(46)41(59-62(48,49)50)42(39(40)47)60-63(51,52)53;;;;;;;;;;;;;;;;/h1,34,37-42,45-47H,4,6,8,10,12,14,16,18,21,23,25,27,29,31-33H2,2H3,(H,54,55)(H2,48,49,50)(H2,51,52,53);1H2;15*1H/t34-,37-,38+,39?,40?,41?,42-;;;;;;;;;;;;;;;;/m1................/s1. The third-order valence-electron chi connectivity index (χ3n) is 8.39. The van der Waals surface area contributed by atoms with Gasteiger partial charge in [0.15, 0.2) is 6.10 Å². The topological polar surface area (TPSA) is 303 Å². The van der Waals surface area contributed by atoms with Crippen LogP contribution in [0.4, 0.5) is 0 Å². The van der Waals surface area contributed by atoms with Gasteiger partial charge in [0.2, 0.25) is 0 Å². The molecule has 4 unspecified atom stereocenters. The fourth-order valence-electron chi connectivity index (χ4n) is 5.53. The summed E-state index contributed by atoms with van der Waals surface area (Å²) in [5, 5.41) is 31.7. The molecule has 0 spiro atoms. The van der Waals surface area contributed by atoms with Crippen molar-refractivity contribution in [3.05, 3.63) is 0 Å². The zero-order valence-corrected chi connectivity index (χ0v) is 39.0. The summed E-state index contributed by atoms with van der Waals surface area (Å²) in [5.41, 5.74) is 0. The maximum Gasteiger partial charge on any atom is 0.472 e. The first-order valence-electron chi connectivity index (χ1n) is 19.8. The van der Waals surface area contributed by atoms with E-state index >= 15 is 0 Å². The number of aliphatic hydroxyl groups excluding tert-OH is 3. The Hall–Kier alpha value is -4.02. The van der Waals surface area contributed by atoms with Crippen molar-refractivity contribution in [3.8, 4) is 95.2 Å². The fourth-order valence-corrected chi connectivity index (χ4v) is 7.63. The molecule has 0 amide bonds. The van der Waals surface area contributed by atoms with Crippen LogP contribution in [0.25, 0.3) is 0 Å². The number of phosphoric acid groups is 3. The lowest BCUT2D eigenvalue weighted by atomic mass is 9.85. The molecule has 0 aliphatic heterocycles. The molecule has 0 aromatic carbocycles. The Kier molecular flexibility index (Phi) is 32.2. The van der Waals surface area contributed by atoms with E-state index < -0.39 is 91.3 Å². The molecular weight excluding hydrogens is 933 g/mol. The van der Waals surface area contributed by atoms with E-state index in [0.29, 0.717) is 12.8 Å². The highest BCUT2D eigenvalue weighted by Crippen LogP contribution is 2.51. The van der Waals surface area contributed by atoms with E-state index in [4.69, 9.17) is 24.9 Å². The lowest BCUT2D eigenvalue weighted by Crippen LogP contribution is -2.65. The quantitative estimate of drug-likeness (QED) is 0.0163. The largest absolute Gasteiger partial charge is 0.472 e. The summed E-state index contributed by atoms with van der Waals surface area (Å²) >= 11 is 0. The van der Waals surface area contributed by atoms with Crippen molar-refractivity contribution >= 4 is 48.9 Å². The average Bonchev–Trinajstić information content (AvgIpc) is 3.22. The van der Waals surface area contributed by atoms with Gasteiger partial charge in [-0.3, -0.25) is 22.9 Å². The molecule has 0 saturated heterocycles. The van der Waals surface area contributed by atoms with Crippen LogP contribution in [-0.2, 0) is 50.9 Å². The third-order valence-corrected chi connectivity index (χ3v) is 10.4. The summed E-state index contributed by atoms with van der Waals surface area (Å²) in [7, 11) is -16.8. The van der Waals surface area contributed by atoms with Crippen molar-refractivity contribution in [3.63, 3.8) is 0 Å². The fraction of sp³-hybridized carbons (Fsp3) is 0.571. The summed E-state index contributed by atoms with van der Waals surface area (Å²) in [5.74, 6) is 32.5. The first-order chi connectivity index (χ1) is 30.3. The third kappa shape index (κ3) is 30.7. The van der Waals surface area contributed by atoms with Gasteiger partial charge in [-0.2, -0.15) is 13.5 Å². The second-order valence-corrected chi connectivity index (χ2v) is 17.3. The lowest BCUT2D eigenvalue weighted by Gasteiger charge is -2.44. The maximum atomic E-state index is 13.0. The Morgan fingerprint density at radius 1 is 0.569 bits per heavy atom. The smallest absolute Gasteiger partial charge is 0.456 e. The maximum absolute atomic E-state index is 13.0. The van der Waals surface area contributed by atoms with Crippen molar-refractivity contribution in [2.24, 2.45) is 0 Å². The SMILES string of the molecule is C#CC#CC#CC#CC#CC#CC#CC#CC(=O)OC[C@H](COP(=O)(O)OC1C(O)[C@@H](OP(=O)(O)O)C(OP(=O)(O)O)[C@@H](O)[C@H]1O)OC(=O)CCCCCCCCCCCCCCC.S.[HH].[HH].[HH].[HH].[HH].[HH].[HH].[HH].[HH].[HH].[HH].[HH].[HH].[HH].[HH]. The Morgan fingerprint density at radius 2 is 0.969 bits per heavy atom. The minimum atomic E-state index is -5.64. The minimum absolute atomic E-state index is 0. The molecule has 0 aromatic rings. The molecule has 23 heteroatoms. The second kappa shape index (κ2) is 34.3. The van der Waals surface area contributed by atoms with Gasteiger partial charge in [-0.05, 0) is 89.3 Å². The average molecular weight is 1020 g/mol. The first kappa shape index (κ1) is 61.0. The number of carbonyl (C=O) groups excluding carboxylic acids is 2. The van der Waals surface area contributed by atoms with Crippen LogP contribution in [-0.4, -0.2) is 108 Å². The molecule has 0 radical (unpaired) electrons. The van der Waals surface area contributed by atoms with Crippen LogP contribution in [0.5, 0.6) is 0 Å². The predicted molar refractivity (Wildman–Crippen MR) is 269 cm³/mol. The molecule has 19 nitrogen and oxygen atoms in total. The Labute approximate surface area is 408 Å². The Balaban J connectivity index is -0.000000183. The molecule has 1 fully saturated rings. The van der Waals surface area contributed by atoms with E-state index in [1.807, 2.05) is 5.92 Å². The summed E-state index contributed by atoms with van der Waals surface area (Å²) in [6, 6.07) is 0. The summed E-state index contributed by atoms with van der Waals surface area (Å²) in [6.07, 6.45) is 1.80. The van der Waals surface area contributed by atoms with Crippen molar-refractivity contribution < 1.29 is 112 Å². The second-order valence-electron chi connectivity index (χ2n) is 13.5. The molecule has 1 aliphatic carbocycles. The molecule has 1 saturated carbocycles. The number of esters is 2. The van der Waals surface area contributed by atoms with Gasteiger partial charge in [0.05, 0.1) is 6.61 Å². The van der Waals surface area contributed by atoms with Gasteiger partial charge in [0.25, 0.3) is 0 Å². The lowest BCUT2D eigenvalue weighted by molar-refractivity contribution is -0.213. The van der Waals surface area contributed by atoms with E-state index in [1.54, 1.807) is 0 Å². The normalized spacial score (nSPS) is 19.8. The highest BCUT2D eigenvalue weighted by molar-refractivity contribution is 7.59. The Bertz CT molecular complexity index is 2230. The number of hydrogen-bond acceptors (Lipinski definition) is 14. The van der Waals surface area contributed by atoms with E-state index in [0.717, 1.165) is 25.7 Å². The van der Waals surface area contributed by atoms with Crippen LogP contribution in [0.1, 0.15) is 118 Å². The molecule has 386 valence electrons. The molecular formula is C42H83O19P3S. The molecule has 8 atom stereocenters. The van der Waals surface area contributed by atoms with Crippen LogP contribution in [0, 0.1) is 95.2 Å². The van der Waals surface area contributed by atoms with Crippen LogP contribution >= 0.6 is 37.0 Å². The molecule has 1 aliphatic rings. The summed E-state index contributed by atoms with van der Waals surface area (Å²) < 4.78 is 64.5.